The van der Waals surface area contributed by atoms with E-state index in [4.69, 9.17) is 4.98 Å². The highest BCUT2D eigenvalue weighted by atomic mass is 32.2. The largest absolute Gasteiger partial charge is 0.354 e. The van der Waals surface area contributed by atoms with E-state index in [1.807, 2.05) is 12.3 Å². The van der Waals surface area contributed by atoms with Crippen molar-refractivity contribution in [2.45, 2.75) is 50.2 Å². The molecule has 5 heteroatoms. The van der Waals surface area contributed by atoms with Gasteiger partial charge in [-0.3, -0.25) is 4.21 Å². The zero-order valence-corrected chi connectivity index (χ0v) is 13.2. The Morgan fingerprint density at radius 1 is 1.40 bits per heavy atom. The van der Waals surface area contributed by atoms with Crippen molar-refractivity contribution < 1.29 is 4.21 Å². The van der Waals surface area contributed by atoms with Crippen molar-refractivity contribution in [1.29, 1.82) is 0 Å². The summed E-state index contributed by atoms with van der Waals surface area (Å²) in [5.41, 5.74) is 0. The molecule has 110 valence electrons. The first-order chi connectivity index (χ1) is 9.68. The van der Waals surface area contributed by atoms with E-state index >= 15 is 0 Å². The second-order valence-corrected chi connectivity index (χ2v) is 7.87. The molecule has 2 aliphatic rings. The van der Waals surface area contributed by atoms with Gasteiger partial charge in [0, 0.05) is 41.8 Å². The molecule has 1 saturated heterocycles. The highest BCUT2D eigenvalue weighted by molar-refractivity contribution is 7.86. The number of rotatable bonds is 4. The molecule has 1 aliphatic carbocycles. The minimum absolute atomic E-state index is 0.0665. The van der Waals surface area contributed by atoms with Crippen molar-refractivity contribution in [2.75, 3.05) is 23.7 Å². The highest BCUT2D eigenvalue weighted by Gasteiger charge is 2.39. The van der Waals surface area contributed by atoms with Crippen LogP contribution < -0.4 is 4.90 Å². The molecule has 3 rings (SSSR count). The van der Waals surface area contributed by atoms with Gasteiger partial charge in [0.1, 0.15) is 11.6 Å². The molecule has 1 saturated carbocycles. The molecule has 0 amide bonds. The van der Waals surface area contributed by atoms with Crippen LogP contribution in [0, 0.1) is 0 Å². The first-order valence-electron chi connectivity index (χ1n) is 7.65. The van der Waals surface area contributed by atoms with Gasteiger partial charge in [0.2, 0.25) is 0 Å². The van der Waals surface area contributed by atoms with Gasteiger partial charge in [-0.1, -0.05) is 13.8 Å². The van der Waals surface area contributed by atoms with Gasteiger partial charge in [-0.05, 0) is 31.7 Å². The van der Waals surface area contributed by atoms with Gasteiger partial charge in [0.05, 0.1) is 4.75 Å². The fourth-order valence-electron chi connectivity index (χ4n) is 2.98. The first kappa shape index (κ1) is 14.0. The van der Waals surface area contributed by atoms with E-state index in [1.54, 1.807) is 0 Å². The standard InChI is InChI=1S/C15H23N3OS/c1-3-15(4-2)11-18(9-10-20(15)19)13-7-8-16-14(17-13)12-5-6-12/h7-8,12H,3-6,9-11H2,1-2H3. The number of nitrogens with zero attached hydrogens (tertiary/aromatic N) is 3. The smallest absolute Gasteiger partial charge is 0.133 e. The zero-order chi connectivity index (χ0) is 14.2. The normalized spacial score (nSPS) is 25.7. The quantitative estimate of drug-likeness (QED) is 0.855. The van der Waals surface area contributed by atoms with E-state index in [1.165, 1.54) is 12.8 Å². The van der Waals surface area contributed by atoms with Crippen LogP contribution in [0.3, 0.4) is 0 Å². The van der Waals surface area contributed by atoms with Gasteiger partial charge >= 0.3 is 0 Å². The van der Waals surface area contributed by atoms with E-state index in [-0.39, 0.29) is 4.75 Å². The molecule has 1 atom stereocenters. The van der Waals surface area contributed by atoms with E-state index in [2.05, 4.69) is 23.7 Å². The van der Waals surface area contributed by atoms with Crippen molar-refractivity contribution in [3.63, 3.8) is 0 Å². The maximum atomic E-state index is 12.4. The summed E-state index contributed by atoms with van der Waals surface area (Å²) < 4.78 is 12.3. The van der Waals surface area contributed by atoms with Crippen molar-refractivity contribution in [3.8, 4) is 0 Å². The van der Waals surface area contributed by atoms with Crippen molar-refractivity contribution in [1.82, 2.24) is 9.97 Å². The van der Waals surface area contributed by atoms with Crippen LogP contribution in [0.1, 0.15) is 51.3 Å². The molecule has 1 aromatic heterocycles. The molecular formula is C15H23N3OS. The summed E-state index contributed by atoms with van der Waals surface area (Å²) in [4.78, 5) is 11.4. The Balaban J connectivity index is 1.83. The van der Waals surface area contributed by atoms with Crippen LogP contribution in [0.2, 0.25) is 0 Å². The summed E-state index contributed by atoms with van der Waals surface area (Å²) in [7, 11) is -0.718. The topological polar surface area (TPSA) is 46.1 Å². The fraction of sp³-hybridized carbons (Fsp3) is 0.733. The Bertz CT molecular complexity index is 512. The minimum atomic E-state index is -0.718. The third-order valence-electron chi connectivity index (χ3n) is 4.72. The second kappa shape index (κ2) is 5.43. The van der Waals surface area contributed by atoms with Gasteiger partial charge in [0.15, 0.2) is 0 Å². The average molecular weight is 293 g/mol. The molecule has 2 heterocycles. The predicted octanol–water partition coefficient (Wildman–Crippen LogP) is 2.48. The maximum absolute atomic E-state index is 12.4. The second-order valence-electron chi connectivity index (χ2n) is 5.91. The van der Waals surface area contributed by atoms with Gasteiger partial charge in [-0.2, -0.15) is 0 Å². The Hall–Kier alpha value is -0.970. The third-order valence-corrected chi connectivity index (χ3v) is 6.95. The lowest BCUT2D eigenvalue weighted by atomic mass is 10.0. The summed E-state index contributed by atoms with van der Waals surface area (Å²) in [6.07, 6.45) is 6.25. The molecule has 0 radical (unpaired) electrons. The number of aromatic nitrogens is 2. The Labute approximate surface area is 123 Å². The van der Waals surface area contributed by atoms with Crippen LogP contribution in [0.5, 0.6) is 0 Å². The lowest BCUT2D eigenvalue weighted by Gasteiger charge is -2.41. The van der Waals surface area contributed by atoms with Gasteiger partial charge in [0.25, 0.3) is 0 Å². The molecule has 0 aromatic carbocycles. The Morgan fingerprint density at radius 2 is 2.15 bits per heavy atom. The molecule has 0 N–H and O–H groups in total. The van der Waals surface area contributed by atoms with Crippen LogP contribution in [0.4, 0.5) is 5.82 Å². The molecule has 0 bridgehead atoms. The zero-order valence-electron chi connectivity index (χ0n) is 12.3. The molecule has 1 unspecified atom stereocenters. The minimum Gasteiger partial charge on any atom is -0.354 e. The van der Waals surface area contributed by atoms with Gasteiger partial charge in [-0.25, -0.2) is 9.97 Å². The van der Waals surface area contributed by atoms with E-state index < -0.39 is 10.8 Å². The van der Waals surface area contributed by atoms with Gasteiger partial charge in [-0.15, -0.1) is 0 Å². The van der Waals surface area contributed by atoms with Gasteiger partial charge < -0.3 is 4.90 Å². The van der Waals surface area contributed by atoms with Crippen molar-refractivity contribution in [3.05, 3.63) is 18.1 Å². The Kier molecular flexibility index (Phi) is 3.80. The fourth-order valence-corrected chi connectivity index (χ4v) is 4.74. The number of hydrogen-bond donors (Lipinski definition) is 0. The van der Waals surface area contributed by atoms with E-state index in [0.717, 1.165) is 43.3 Å². The first-order valence-corrected chi connectivity index (χ1v) is 8.97. The van der Waals surface area contributed by atoms with E-state index in [0.29, 0.717) is 5.92 Å². The highest BCUT2D eigenvalue weighted by Crippen LogP contribution is 2.38. The third kappa shape index (κ3) is 2.48. The van der Waals surface area contributed by atoms with Crippen molar-refractivity contribution in [2.24, 2.45) is 0 Å². The summed E-state index contributed by atoms with van der Waals surface area (Å²) in [5.74, 6) is 3.35. The average Bonchev–Trinajstić information content (AvgIpc) is 3.33. The summed E-state index contributed by atoms with van der Waals surface area (Å²) >= 11 is 0. The summed E-state index contributed by atoms with van der Waals surface area (Å²) in [6, 6.07) is 2.00. The van der Waals surface area contributed by atoms with Crippen LogP contribution >= 0.6 is 0 Å². The monoisotopic (exact) mass is 293 g/mol. The maximum Gasteiger partial charge on any atom is 0.133 e. The summed E-state index contributed by atoms with van der Waals surface area (Å²) in [6.45, 7) is 6.00. The molecule has 4 nitrogen and oxygen atoms in total. The van der Waals surface area contributed by atoms with E-state index in [9.17, 15) is 4.21 Å². The molecule has 0 spiro atoms. The van der Waals surface area contributed by atoms with Crippen LogP contribution in [-0.2, 0) is 10.8 Å². The van der Waals surface area contributed by atoms with Crippen LogP contribution in [0.25, 0.3) is 0 Å². The summed E-state index contributed by atoms with van der Waals surface area (Å²) in [5, 5.41) is 0. The lowest BCUT2D eigenvalue weighted by molar-refractivity contribution is 0.494. The molecule has 1 aliphatic heterocycles. The lowest BCUT2D eigenvalue weighted by Crippen LogP contribution is -2.53. The molecular weight excluding hydrogens is 270 g/mol. The van der Waals surface area contributed by atoms with Crippen LogP contribution in [-0.4, -0.2) is 37.8 Å². The Morgan fingerprint density at radius 3 is 2.80 bits per heavy atom. The van der Waals surface area contributed by atoms with Crippen molar-refractivity contribution >= 4 is 16.6 Å². The van der Waals surface area contributed by atoms with Crippen LogP contribution in [0.15, 0.2) is 12.3 Å². The number of anilines is 1. The molecule has 20 heavy (non-hydrogen) atoms. The number of hydrogen-bond acceptors (Lipinski definition) is 4. The predicted molar refractivity (Wildman–Crippen MR) is 82.5 cm³/mol. The molecule has 2 fully saturated rings. The molecule has 1 aromatic rings. The SMILES string of the molecule is CCC1(CC)CN(c2ccnc(C3CC3)n2)CCS1=O.